The molecule has 0 fully saturated rings. The van der Waals surface area contributed by atoms with Crippen LogP contribution in [-0.2, 0) is 0 Å². The molecule has 0 radical (unpaired) electrons. The summed E-state index contributed by atoms with van der Waals surface area (Å²) in [6.45, 7) is 3.84. The van der Waals surface area contributed by atoms with Crippen LogP contribution in [0.1, 0.15) is 25.5 Å². The first-order valence-corrected chi connectivity index (χ1v) is 6.19. The molecular weight excluding hydrogens is 246 g/mol. The van der Waals surface area contributed by atoms with E-state index in [0.29, 0.717) is 17.2 Å². The highest BCUT2D eigenvalue weighted by atomic mass is 16.5. The number of benzene rings is 1. The van der Waals surface area contributed by atoms with Gasteiger partial charge in [0.15, 0.2) is 11.5 Å². The van der Waals surface area contributed by atoms with Crippen molar-refractivity contribution in [3.8, 4) is 17.2 Å². The summed E-state index contributed by atoms with van der Waals surface area (Å²) < 4.78 is 15.8. The molecule has 0 aliphatic heterocycles. The summed E-state index contributed by atoms with van der Waals surface area (Å²) in [5.41, 5.74) is 6.82. The summed E-state index contributed by atoms with van der Waals surface area (Å²) in [5.74, 6) is 1.64. The van der Waals surface area contributed by atoms with Crippen molar-refractivity contribution < 1.29 is 19.3 Å². The van der Waals surface area contributed by atoms with Crippen LogP contribution in [0.4, 0.5) is 0 Å². The van der Waals surface area contributed by atoms with Crippen molar-refractivity contribution >= 4 is 0 Å². The second-order valence-corrected chi connectivity index (χ2v) is 4.72. The fourth-order valence-electron chi connectivity index (χ4n) is 1.91. The van der Waals surface area contributed by atoms with E-state index in [1.807, 2.05) is 13.8 Å². The van der Waals surface area contributed by atoms with Crippen LogP contribution in [0.15, 0.2) is 12.1 Å². The summed E-state index contributed by atoms with van der Waals surface area (Å²) in [7, 11) is 4.64. The van der Waals surface area contributed by atoms with Gasteiger partial charge in [0, 0.05) is 0 Å². The van der Waals surface area contributed by atoms with Crippen molar-refractivity contribution in [2.45, 2.75) is 26.0 Å². The van der Waals surface area contributed by atoms with Crippen molar-refractivity contribution in [3.63, 3.8) is 0 Å². The van der Waals surface area contributed by atoms with Gasteiger partial charge in [-0.05, 0) is 23.6 Å². The van der Waals surface area contributed by atoms with E-state index in [4.69, 9.17) is 19.9 Å². The normalized spacial score (nSPS) is 14.1. The Labute approximate surface area is 114 Å². The topological polar surface area (TPSA) is 73.9 Å². The number of rotatable bonds is 6. The monoisotopic (exact) mass is 269 g/mol. The van der Waals surface area contributed by atoms with E-state index in [-0.39, 0.29) is 5.92 Å². The van der Waals surface area contributed by atoms with Gasteiger partial charge in [-0.1, -0.05) is 13.8 Å². The number of aliphatic hydroxyl groups is 1. The van der Waals surface area contributed by atoms with Gasteiger partial charge in [-0.25, -0.2) is 0 Å². The second kappa shape index (κ2) is 6.63. The average molecular weight is 269 g/mol. The number of nitrogens with two attached hydrogens (primary N) is 1. The maximum Gasteiger partial charge on any atom is 0.203 e. The van der Waals surface area contributed by atoms with Gasteiger partial charge in [-0.2, -0.15) is 0 Å². The molecule has 0 unspecified atom stereocenters. The molecule has 0 bridgehead atoms. The third-order valence-electron chi connectivity index (χ3n) is 3.12. The lowest BCUT2D eigenvalue weighted by Crippen LogP contribution is -2.30. The third kappa shape index (κ3) is 3.30. The summed E-state index contributed by atoms with van der Waals surface area (Å²) in [6, 6.07) is 3.02. The van der Waals surface area contributed by atoms with Crippen LogP contribution < -0.4 is 19.9 Å². The standard InChI is InChI=1S/C14H23NO4/c1-8(2)13(16)12(15)9-6-10(17-3)14(19-5)11(7-9)18-4/h6-8,12-13,16H,15H2,1-5H3/t12-,13+/m1/s1. The first kappa shape index (κ1) is 15.6. The van der Waals surface area contributed by atoms with Crippen LogP contribution >= 0.6 is 0 Å². The summed E-state index contributed by atoms with van der Waals surface area (Å²) in [6.07, 6.45) is -0.636. The number of hydrogen-bond donors (Lipinski definition) is 2. The molecule has 1 rings (SSSR count). The van der Waals surface area contributed by atoms with Gasteiger partial charge in [0.05, 0.1) is 33.5 Å². The lowest BCUT2D eigenvalue weighted by molar-refractivity contribution is 0.0977. The molecule has 0 aromatic heterocycles. The highest BCUT2D eigenvalue weighted by Crippen LogP contribution is 2.40. The van der Waals surface area contributed by atoms with Gasteiger partial charge in [0.2, 0.25) is 5.75 Å². The van der Waals surface area contributed by atoms with Gasteiger partial charge < -0.3 is 25.1 Å². The van der Waals surface area contributed by atoms with Gasteiger partial charge in [-0.15, -0.1) is 0 Å². The van der Waals surface area contributed by atoms with Crippen molar-refractivity contribution in [1.82, 2.24) is 0 Å². The fourth-order valence-corrected chi connectivity index (χ4v) is 1.91. The Hall–Kier alpha value is -1.46. The molecule has 0 aliphatic carbocycles. The zero-order valence-corrected chi connectivity index (χ0v) is 12.1. The maximum atomic E-state index is 10.1. The number of aliphatic hydroxyl groups excluding tert-OH is 1. The van der Waals surface area contributed by atoms with E-state index in [1.54, 1.807) is 33.5 Å². The summed E-state index contributed by atoms with van der Waals surface area (Å²) in [4.78, 5) is 0. The van der Waals surface area contributed by atoms with Gasteiger partial charge in [0.1, 0.15) is 0 Å². The van der Waals surface area contributed by atoms with Gasteiger partial charge in [0.25, 0.3) is 0 Å². The molecule has 0 aliphatic rings. The zero-order chi connectivity index (χ0) is 14.6. The minimum absolute atomic E-state index is 0.0640. The van der Waals surface area contributed by atoms with Crippen molar-refractivity contribution in [2.75, 3.05) is 21.3 Å². The Morgan fingerprint density at radius 2 is 1.47 bits per heavy atom. The Balaban J connectivity index is 3.22. The average Bonchev–Trinajstić information content (AvgIpc) is 2.43. The number of ether oxygens (including phenoxy) is 3. The molecule has 0 saturated carbocycles. The molecule has 3 N–H and O–H groups in total. The molecular formula is C14H23NO4. The van der Waals surface area contributed by atoms with Crippen molar-refractivity contribution in [1.29, 1.82) is 0 Å². The van der Waals surface area contributed by atoms with Crippen LogP contribution in [0.2, 0.25) is 0 Å². The van der Waals surface area contributed by atoms with Gasteiger partial charge in [-0.3, -0.25) is 0 Å². The first-order valence-electron chi connectivity index (χ1n) is 6.19. The zero-order valence-electron chi connectivity index (χ0n) is 12.1. The molecule has 0 amide bonds. The summed E-state index contributed by atoms with van der Waals surface area (Å²) in [5, 5.41) is 10.1. The minimum Gasteiger partial charge on any atom is -0.493 e. The quantitative estimate of drug-likeness (QED) is 0.822. The van der Waals surface area contributed by atoms with Crippen LogP contribution in [0, 0.1) is 5.92 Å². The molecule has 1 aromatic carbocycles. The van der Waals surface area contributed by atoms with E-state index in [2.05, 4.69) is 0 Å². The van der Waals surface area contributed by atoms with Crippen LogP contribution in [0.5, 0.6) is 17.2 Å². The minimum atomic E-state index is -0.636. The lowest BCUT2D eigenvalue weighted by Gasteiger charge is -2.24. The Bertz CT molecular complexity index is 395. The van der Waals surface area contributed by atoms with Crippen molar-refractivity contribution in [3.05, 3.63) is 17.7 Å². The number of hydrogen-bond acceptors (Lipinski definition) is 5. The molecule has 19 heavy (non-hydrogen) atoms. The van der Waals surface area contributed by atoms with Crippen LogP contribution in [0.3, 0.4) is 0 Å². The van der Waals surface area contributed by atoms with E-state index in [1.165, 1.54) is 0 Å². The Morgan fingerprint density at radius 3 is 1.79 bits per heavy atom. The van der Waals surface area contributed by atoms with Crippen molar-refractivity contribution in [2.24, 2.45) is 11.7 Å². The highest BCUT2D eigenvalue weighted by Gasteiger charge is 2.23. The lowest BCUT2D eigenvalue weighted by atomic mass is 9.94. The molecule has 5 heteroatoms. The molecule has 1 aromatic rings. The van der Waals surface area contributed by atoms with E-state index in [9.17, 15) is 5.11 Å². The van der Waals surface area contributed by atoms with Gasteiger partial charge >= 0.3 is 0 Å². The summed E-state index contributed by atoms with van der Waals surface area (Å²) >= 11 is 0. The molecule has 108 valence electrons. The fraction of sp³-hybridized carbons (Fsp3) is 0.571. The van der Waals surface area contributed by atoms with E-state index < -0.39 is 12.1 Å². The maximum absolute atomic E-state index is 10.1. The van der Waals surface area contributed by atoms with E-state index in [0.717, 1.165) is 5.56 Å². The second-order valence-electron chi connectivity index (χ2n) is 4.72. The van der Waals surface area contributed by atoms with Crippen LogP contribution in [0.25, 0.3) is 0 Å². The number of methoxy groups -OCH3 is 3. The molecule has 5 nitrogen and oxygen atoms in total. The Morgan fingerprint density at radius 1 is 1.00 bits per heavy atom. The van der Waals surface area contributed by atoms with Crippen LogP contribution in [-0.4, -0.2) is 32.5 Å². The Kier molecular flexibility index (Phi) is 5.44. The highest BCUT2D eigenvalue weighted by molar-refractivity contribution is 5.54. The predicted octanol–water partition coefficient (Wildman–Crippen LogP) is 1.73. The SMILES string of the molecule is COc1cc([C@@H](N)[C@@H](O)C(C)C)cc(OC)c1OC. The largest absolute Gasteiger partial charge is 0.493 e. The molecule has 0 saturated heterocycles. The molecule has 0 spiro atoms. The predicted molar refractivity (Wildman–Crippen MR) is 73.9 cm³/mol. The molecule has 0 heterocycles. The molecule has 2 atom stereocenters. The smallest absolute Gasteiger partial charge is 0.203 e. The first-order chi connectivity index (χ1) is 8.96. The third-order valence-corrected chi connectivity index (χ3v) is 3.12. The van der Waals surface area contributed by atoms with E-state index >= 15 is 0 Å².